The average molecular weight is 316 g/mol. The molecule has 0 heterocycles. The van der Waals surface area contributed by atoms with Gasteiger partial charge in [-0.25, -0.2) is 4.99 Å². The van der Waals surface area contributed by atoms with Crippen LogP contribution in [0.15, 0.2) is 47.5 Å². The molecule has 0 aliphatic rings. The first-order chi connectivity index (χ1) is 10.9. The number of aliphatic imine (C=N–C) groups is 1. The third-order valence-electron chi connectivity index (χ3n) is 2.82. The highest BCUT2D eigenvalue weighted by molar-refractivity contribution is 5.83. The summed E-state index contributed by atoms with van der Waals surface area (Å²) in [5.41, 5.74) is -0.575. The molecule has 0 atom stereocenters. The van der Waals surface area contributed by atoms with E-state index in [1.54, 1.807) is 0 Å². The maximum atomic E-state index is 11.0. The summed E-state index contributed by atoms with van der Waals surface area (Å²) in [7, 11) is 0. The Bertz CT molecular complexity index is 816. The first-order valence-electron chi connectivity index (χ1n) is 6.10. The highest BCUT2D eigenvalue weighted by Gasteiger charge is 2.18. The monoisotopic (exact) mass is 316 g/mol. The van der Waals surface area contributed by atoms with Gasteiger partial charge in [-0.2, -0.15) is 0 Å². The van der Waals surface area contributed by atoms with E-state index in [2.05, 4.69) is 4.99 Å². The van der Waals surface area contributed by atoms with Gasteiger partial charge in [0.05, 0.1) is 20.8 Å². The van der Waals surface area contributed by atoms with Crippen LogP contribution >= 0.6 is 0 Å². The van der Waals surface area contributed by atoms with E-state index in [0.29, 0.717) is 5.56 Å². The third-order valence-corrected chi connectivity index (χ3v) is 2.82. The second-order valence-electron chi connectivity index (χ2n) is 4.29. The van der Waals surface area contributed by atoms with E-state index >= 15 is 0 Å². The lowest BCUT2D eigenvalue weighted by Gasteiger charge is -1.98. The highest BCUT2D eigenvalue weighted by Crippen LogP contribution is 2.31. The minimum atomic E-state index is -0.768. The van der Waals surface area contributed by atoms with Crippen molar-refractivity contribution >= 4 is 29.0 Å². The van der Waals surface area contributed by atoms with Crippen LogP contribution in [-0.2, 0) is 0 Å². The van der Waals surface area contributed by atoms with Crippen LogP contribution in [0.25, 0.3) is 0 Å². The highest BCUT2D eigenvalue weighted by atomic mass is 16.6. The van der Waals surface area contributed by atoms with Gasteiger partial charge < -0.3 is 0 Å². The Hall–Kier alpha value is -3.69. The molecule has 0 radical (unpaired) electrons. The minimum Gasteiger partial charge on any atom is -0.258 e. The fourth-order valence-corrected chi connectivity index (χ4v) is 1.71. The molecule has 2 rings (SSSR count). The van der Waals surface area contributed by atoms with Crippen molar-refractivity contribution in [3.8, 4) is 0 Å². The van der Waals surface area contributed by atoms with Gasteiger partial charge in [-0.15, -0.1) is 0 Å². The molecule has 2 aromatic rings. The zero-order valence-corrected chi connectivity index (χ0v) is 11.4. The zero-order valence-electron chi connectivity index (χ0n) is 11.4. The number of non-ortho nitro benzene ring substituents is 2. The fraction of sp³-hybridized carbons (Fsp3) is 0. The molecular weight excluding hydrogens is 308 g/mol. The first-order valence-corrected chi connectivity index (χ1v) is 6.10. The molecule has 0 saturated heterocycles. The maximum absolute atomic E-state index is 11.0. The quantitative estimate of drug-likeness (QED) is 0.471. The van der Waals surface area contributed by atoms with Crippen LogP contribution < -0.4 is 0 Å². The van der Waals surface area contributed by atoms with Crippen molar-refractivity contribution in [3.63, 3.8) is 0 Å². The molecule has 0 aliphatic carbocycles. The van der Waals surface area contributed by atoms with Gasteiger partial charge in [0, 0.05) is 24.4 Å². The Morgan fingerprint density at radius 1 is 0.783 bits per heavy atom. The van der Waals surface area contributed by atoms with Gasteiger partial charge in [0.25, 0.3) is 11.4 Å². The molecular formula is C13H8N4O6. The van der Waals surface area contributed by atoms with Crippen LogP contribution in [0.5, 0.6) is 0 Å². The molecule has 0 unspecified atom stereocenters. The van der Waals surface area contributed by atoms with Crippen molar-refractivity contribution in [2.45, 2.75) is 0 Å². The molecule has 0 amide bonds. The van der Waals surface area contributed by atoms with Crippen LogP contribution in [0.4, 0.5) is 22.7 Å². The zero-order chi connectivity index (χ0) is 17.0. The molecule has 2 aromatic carbocycles. The van der Waals surface area contributed by atoms with E-state index in [-0.39, 0.29) is 11.4 Å². The van der Waals surface area contributed by atoms with E-state index in [9.17, 15) is 30.3 Å². The molecule has 0 N–H and O–H groups in total. The van der Waals surface area contributed by atoms with Gasteiger partial charge in [-0.05, 0) is 23.8 Å². The number of nitrogens with zero attached hydrogens (tertiary/aromatic N) is 4. The Morgan fingerprint density at radius 2 is 1.35 bits per heavy atom. The van der Waals surface area contributed by atoms with E-state index in [1.165, 1.54) is 30.5 Å². The molecule has 0 aliphatic heterocycles. The number of hydrogen-bond acceptors (Lipinski definition) is 7. The van der Waals surface area contributed by atoms with Gasteiger partial charge in [-0.1, -0.05) is 0 Å². The predicted octanol–water partition coefficient (Wildman–Crippen LogP) is 3.16. The summed E-state index contributed by atoms with van der Waals surface area (Å²) >= 11 is 0. The first kappa shape index (κ1) is 15.7. The topological polar surface area (TPSA) is 142 Å². The lowest BCUT2D eigenvalue weighted by molar-refractivity contribution is -0.393. The van der Waals surface area contributed by atoms with E-state index in [0.717, 1.165) is 18.2 Å². The largest absolute Gasteiger partial charge is 0.301 e. The van der Waals surface area contributed by atoms with Gasteiger partial charge in [-0.3, -0.25) is 30.3 Å². The number of benzene rings is 2. The summed E-state index contributed by atoms with van der Waals surface area (Å²) in [6, 6.07) is 8.49. The summed E-state index contributed by atoms with van der Waals surface area (Å²) in [6.45, 7) is 0. The normalized spacial score (nSPS) is 10.6. The minimum absolute atomic E-state index is 0.0565. The molecule has 0 saturated carbocycles. The summed E-state index contributed by atoms with van der Waals surface area (Å²) in [5.74, 6) is 0. The van der Waals surface area contributed by atoms with Crippen LogP contribution in [0.2, 0.25) is 0 Å². The predicted molar refractivity (Wildman–Crippen MR) is 80.1 cm³/mol. The lowest BCUT2D eigenvalue weighted by atomic mass is 10.2. The van der Waals surface area contributed by atoms with Crippen LogP contribution in [0, 0.1) is 30.3 Å². The maximum Gasteiger partial charge on any atom is 0.301 e. The lowest BCUT2D eigenvalue weighted by Crippen LogP contribution is -1.93. The van der Waals surface area contributed by atoms with Gasteiger partial charge >= 0.3 is 5.69 Å². The van der Waals surface area contributed by atoms with Crippen molar-refractivity contribution in [1.82, 2.24) is 0 Å². The van der Waals surface area contributed by atoms with Crippen molar-refractivity contribution in [1.29, 1.82) is 0 Å². The van der Waals surface area contributed by atoms with Crippen molar-refractivity contribution < 1.29 is 14.8 Å². The van der Waals surface area contributed by atoms with Crippen LogP contribution in [-0.4, -0.2) is 21.0 Å². The second-order valence-corrected chi connectivity index (χ2v) is 4.29. The average Bonchev–Trinajstić information content (AvgIpc) is 2.52. The molecule has 0 fully saturated rings. The summed E-state index contributed by atoms with van der Waals surface area (Å²) in [5, 5.41) is 32.1. The fourth-order valence-electron chi connectivity index (χ4n) is 1.71. The molecule has 0 spiro atoms. The summed E-state index contributed by atoms with van der Waals surface area (Å²) < 4.78 is 0. The number of nitro groups is 3. The summed E-state index contributed by atoms with van der Waals surface area (Å²) in [6.07, 6.45) is 1.28. The van der Waals surface area contributed by atoms with E-state index in [1.807, 2.05) is 0 Å². The number of hydrogen-bond donors (Lipinski definition) is 0. The Kier molecular flexibility index (Phi) is 4.36. The second kappa shape index (κ2) is 6.39. The summed E-state index contributed by atoms with van der Waals surface area (Å²) in [4.78, 5) is 34.0. The van der Waals surface area contributed by atoms with E-state index < -0.39 is 26.1 Å². The van der Waals surface area contributed by atoms with Gasteiger partial charge in [0.1, 0.15) is 5.69 Å². The SMILES string of the molecule is O=[N+]([O-])c1ccc(C=Nc2ccc([N+](=O)[O-])cc2[N+](=O)[O-])cc1. The molecule has 0 aromatic heterocycles. The van der Waals surface area contributed by atoms with Gasteiger partial charge in [0.2, 0.25) is 0 Å². The number of rotatable bonds is 5. The molecule has 10 heteroatoms. The van der Waals surface area contributed by atoms with Crippen LogP contribution in [0.3, 0.4) is 0 Å². The van der Waals surface area contributed by atoms with Crippen LogP contribution in [0.1, 0.15) is 5.56 Å². The molecule has 10 nitrogen and oxygen atoms in total. The molecule has 23 heavy (non-hydrogen) atoms. The molecule has 116 valence electrons. The Morgan fingerprint density at radius 3 is 1.87 bits per heavy atom. The van der Waals surface area contributed by atoms with Gasteiger partial charge in [0.15, 0.2) is 0 Å². The Balaban J connectivity index is 2.33. The van der Waals surface area contributed by atoms with Crippen molar-refractivity contribution in [3.05, 3.63) is 78.4 Å². The van der Waals surface area contributed by atoms with E-state index in [4.69, 9.17) is 0 Å². The standard InChI is InChI=1S/C13H8N4O6/c18-15(19)10-3-1-9(2-4-10)8-14-12-6-5-11(16(20)21)7-13(12)17(22)23/h1-8H. The number of nitro benzene ring substituents is 3. The van der Waals surface area contributed by atoms with Crippen molar-refractivity contribution in [2.75, 3.05) is 0 Å². The third kappa shape index (κ3) is 3.69. The smallest absolute Gasteiger partial charge is 0.258 e. The van der Waals surface area contributed by atoms with Crippen molar-refractivity contribution in [2.24, 2.45) is 4.99 Å². The Labute approximate surface area is 128 Å². The molecule has 0 bridgehead atoms.